The number of carbonyl (C=O) groups is 5. The van der Waals surface area contributed by atoms with Crippen LogP contribution in [0.1, 0.15) is 26.5 Å². The lowest BCUT2D eigenvalue weighted by Crippen LogP contribution is -2.74. The van der Waals surface area contributed by atoms with Gasteiger partial charge in [-0.25, -0.2) is 14.6 Å². The van der Waals surface area contributed by atoms with Crippen molar-refractivity contribution in [1.29, 1.82) is 0 Å². The highest BCUT2D eigenvalue weighted by Gasteiger charge is 2.57. The molecule has 0 aromatic carbocycles. The van der Waals surface area contributed by atoms with Crippen LogP contribution in [0.15, 0.2) is 10.5 Å². The highest BCUT2D eigenvalue weighted by Crippen LogP contribution is 2.41. The molecule has 2 fully saturated rings. The molecule has 1 aromatic rings. The van der Waals surface area contributed by atoms with Gasteiger partial charge >= 0.3 is 17.9 Å². The zero-order valence-electron chi connectivity index (χ0n) is 19.9. The molecule has 0 aliphatic carbocycles. The zero-order valence-corrected chi connectivity index (χ0v) is 22.3. The maximum Gasteiger partial charge on any atom is 0.344 e. The van der Waals surface area contributed by atoms with Gasteiger partial charge in [0.15, 0.2) is 15.7 Å². The lowest BCUT2D eigenvalue weighted by atomic mass is 9.98. The van der Waals surface area contributed by atoms with Crippen LogP contribution in [0.5, 0.6) is 0 Å². The van der Waals surface area contributed by atoms with Crippen LogP contribution < -0.4 is 11.1 Å². The summed E-state index contributed by atoms with van der Waals surface area (Å²) in [4.78, 5) is 69.0. The molecule has 4 N–H and O–H groups in total. The summed E-state index contributed by atoms with van der Waals surface area (Å²) in [6, 6.07) is -0.969. The number of anilines is 1. The van der Waals surface area contributed by atoms with Crippen molar-refractivity contribution >= 4 is 75.3 Å². The summed E-state index contributed by atoms with van der Waals surface area (Å²) in [6.07, 6.45) is 0. The number of aromatic nitrogens is 1. The van der Waals surface area contributed by atoms with Crippen LogP contribution in [0.4, 0.5) is 5.13 Å². The molecule has 0 saturated carbocycles. The van der Waals surface area contributed by atoms with Gasteiger partial charge in [-0.3, -0.25) is 14.4 Å². The molecular weight excluding hydrogens is 554 g/mol. The van der Waals surface area contributed by atoms with E-state index < -0.39 is 64.8 Å². The van der Waals surface area contributed by atoms with E-state index in [2.05, 4.69) is 20.3 Å². The summed E-state index contributed by atoms with van der Waals surface area (Å²) in [5, 5.41) is 15.8. The monoisotopic (exact) mass is 577 g/mol. The van der Waals surface area contributed by atoms with Crippen LogP contribution >= 0.6 is 34.7 Å². The summed E-state index contributed by atoms with van der Waals surface area (Å²) in [6.45, 7) is 3.34. The number of carboxylic acids is 1. The van der Waals surface area contributed by atoms with Gasteiger partial charge in [-0.1, -0.05) is 5.16 Å². The van der Waals surface area contributed by atoms with Crippen molar-refractivity contribution < 1.29 is 43.4 Å². The van der Waals surface area contributed by atoms with Gasteiger partial charge in [0, 0.05) is 11.1 Å². The molecule has 3 atom stereocenters. The molecule has 2 unspecified atom stereocenters. The third kappa shape index (κ3) is 6.61. The van der Waals surface area contributed by atoms with Gasteiger partial charge < -0.3 is 35.4 Å². The predicted octanol–water partition coefficient (Wildman–Crippen LogP) is -0.00190. The minimum absolute atomic E-state index is 0.0417. The van der Waals surface area contributed by atoms with Gasteiger partial charge in [-0.05, 0) is 20.8 Å². The lowest BCUT2D eigenvalue weighted by Gasteiger charge is -2.52. The van der Waals surface area contributed by atoms with E-state index in [1.165, 1.54) is 10.3 Å². The maximum absolute atomic E-state index is 12.9. The molecule has 2 saturated heterocycles. The summed E-state index contributed by atoms with van der Waals surface area (Å²) in [5.74, 6) is -4.01. The number of esters is 2. The number of carbonyl (C=O) groups excluding carboxylic acids is 4. The lowest BCUT2D eigenvalue weighted by molar-refractivity contribution is -0.175. The number of β-lactam (4-membered cyclic amide) rings is 1. The van der Waals surface area contributed by atoms with Crippen molar-refractivity contribution in [3.63, 3.8) is 0 Å². The van der Waals surface area contributed by atoms with Crippen LogP contribution in [0, 0.1) is 5.41 Å². The molecule has 0 radical (unpaired) electrons. The van der Waals surface area contributed by atoms with Gasteiger partial charge in [0.05, 0.1) is 12.0 Å². The number of amides is 2. The highest BCUT2D eigenvalue weighted by atomic mass is 35.5. The van der Waals surface area contributed by atoms with Crippen molar-refractivity contribution in [2.75, 3.05) is 31.4 Å². The fourth-order valence-corrected chi connectivity index (χ4v) is 5.41. The number of aliphatic carboxylic acids is 1. The Hall–Kier alpha value is -3.11. The highest BCUT2D eigenvalue weighted by molar-refractivity contribution is 8.00. The quantitative estimate of drug-likeness (QED) is 0.0887. The standard InChI is InChI=1S/C20H24ClN5O9S2/c1-19(2,3)16(31)33-8-34-17(32)20(21)6-26-14(30)12(15(26)37-7-20)24-13(29)11(25-35-4-10(27)28)9-5-36-18(22)23-9/h5,12,15H,4,6-8H2,1-3H3,(H2,22,23)(H,24,29)(H,27,28)/t12?,15-,20?/m1/s1. The molecule has 14 nitrogen and oxygen atoms in total. The van der Waals surface area contributed by atoms with E-state index in [4.69, 9.17) is 31.9 Å². The second kappa shape index (κ2) is 11.1. The maximum atomic E-state index is 12.9. The molecule has 202 valence electrons. The van der Waals surface area contributed by atoms with E-state index in [-0.39, 0.29) is 28.8 Å². The number of hydrogen-bond donors (Lipinski definition) is 3. The van der Waals surface area contributed by atoms with E-state index in [9.17, 15) is 24.0 Å². The number of halogens is 1. The number of oxime groups is 1. The van der Waals surface area contributed by atoms with Crippen LogP contribution in [0.3, 0.4) is 0 Å². The van der Waals surface area contributed by atoms with Crippen molar-refractivity contribution in [2.45, 2.75) is 37.1 Å². The van der Waals surface area contributed by atoms with E-state index in [1.54, 1.807) is 20.8 Å². The zero-order chi connectivity index (χ0) is 27.5. The van der Waals surface area contributed by atoms with Crippen molar-refractivity contribution in [3.05, 3.63) is 11.1 Å². The molecule has 3 heterocycles. The van der Waals surface area contributed by atoms with Gasteiger partial charge in [0.25, 0.3) is 5.91 Å². The third-order valence-electron chi connectivity index (χ3n) is 5.01. The summed E-state index contributed by atoms with van der Waals surface area (Å²) >= 11 is 8.61. The summed E-state index contributed by atoms with van der Waals surface area (Å²) in [7, 11) is 0. The number of nitrogens with one attached hydrogen (secondary N) is 1. The number of fused-ring (bicyclic) bond motifs is 1. The number of hydrogen-bond acceptors (Lipinski definition) is 13. The van der Waals surface area contributed by atoms with E-state index >= 15 is 0 Å². The Morgan fingerprint density at radius 2 is 2.05 bits per heavy atom. The normalized spacial score (nSPS) is 23.4. The Morgan fingerprint density at radius 3 is 2.65 bits per heavy atom. The molecule has 2 aliphatic heterocycles. The molecule has 2 amide bonds. The SMILES string of the molecule is CC(C)(C)C(=O)OCOC(=O)C1(Cl)CS[C@@H]2C(NC(=O)C(=NOCC(=O)O)c3csc(N)n3)C(=O)N2C1. The minimum atomic E-state index is -1.57. The predicted molar refractivity (Wildman–Crippen MR) is 132 cm³/mol. The van der Waals surface area contributed by atoms with Crippen LogP contribution in [-0.2, 0) is 38.3 Å². The summed E-state index contributed by atoms with van der Waals surface area (Å²) < 4.78 is 9.92. The summed E-state index contributed by atoms with van der Waals surface area (Å²) in [5.41, 5.74) is 4.51. The van der Waals surface area contributed by atoms with Gasteiger partial charge in [0.1, 0.15) is 17.1 Å². The van der Waals surface area contributed by atoms with Crippen molar-refractivity contribution in [1.82, 2.24) is 15.2 Å². The molecule has 37 heavy (non-hydrogen) atoms. The molecule has 3 rings (SSSR count). The Morgan fingerprint density at radius 1 is 1.35 bits per heavy atom. The Labute approximate surface area is 223 Å². The number of thiazole rings is 1. The number of nitrogen functional groups attached to an aromatic ring is 1. The fourth-order valence-electron chi connectivity index (χ4n) is 3.11. The minimum Gasteiger partial charge on any atom is -0.479 e. The second-order valence-electron chi connectivity index (χ2n) is 8.99. The first-order chi connectivity index (χ1) is 17.2. The number of ether oxygens (including phenoxy) is 2. The van der Waals surface area contributed by atoms with Crippen LogP contribution in [0.25, 0.3) is 0 Å². The molecule has 0 spiro atoms. The number of nitrogens with zero attached hydrogens (tertiary/aromatic N) is 3. The van der Waals surface area contributed by atoms with Crippen LogP contribution in [-0.4, -0.2) is 92.4 Å². The molecule has 1 aromatic heterocycles. The van der Waals surface area contributed by atoms with E-state index in [1.807, 2.05) is 0 Å². The second-order valence-corrected chi connectivity index (χ2v) is 11.7. The molecule has 17 heteroatoms. The van der Waals surface area contributed by atoms with E-state index in [0.717, 1.165) is 23.1 Å². The Bertz CT molecular complexity index is 1140. The topological polar surface area (TPSA) is 200 Å². The number of alkyl halides is 1. The first-order valence-electron chi connectivity index (χ1n) is 10.6. The smallest absolute Gasteiger partial charge is 0.344 e. The largest absolute Gasteiger partial charge is 0.479 e. The molecule has 2 aliphatic rings. The number of carboxylic acid groups (broad SMARTS) is 1. The third-order valence-corrected chi connectivity index (χ3v) is 7.78. The number of thioether (sulfide) groups is 1. The number of nitrogens with two attached hydrogens (primary N) is 1. The Balaban J connectivity index is 1.59. The van der Waals surface area contributed by atoms with E-state index in [0.29, 0.717) is 0 Å². The van der Waals surface area contributed by atoms with Crippen molar-refractivity contribution in [3.8, 4) is 0 Å². The van der Waals surface area contributed by atoms with Crippen molar-refractivity contribution in [2.24, 2.45) is 10.6 Å². The van der Waals surface area contributed by atoms with Crippen LogP contribution in [0.2, 0.25) is 0 Å². The number of rotatable bonds is 9. The fraction of sp³-hybridized carbons (Fsp3) is 0.550. The van der Waals surface area contributed by atoms with Gasteiger partial charge in [-0.2, -0.15) is 0 Å². The molecular formula is C20H24ClN5O9S2. The average molecular weight is 578 g/mol. The Kier molecular flexibility index (Phi) is 8.54. The average Bonchev–Trinajstić information content (AvgIpc) is 3.24. The molecule has 0 bridgehead atoms. The first kappa shape index (κ1) is 28.5. The van der Waals surface area contributed by atoms with Gasteiger partial charge in [-0.15, -0.1) is 34.7 Å². The first-order valence-corrected chi connectivity index (χ1v) is 12.9. The van der Waals surface area contributed by atoms with Gasteiger partial charge in [0.2, 0.25) is 19.3 Å².